The van der Waals surface area contributed by atoms with E-state index in [1.807, 2.05) is 32.3 Å². The van der Waals surface area contributed by atoms with Crippen molar-refractivity contribution in [2.24, 2.45) is 4.99 Å². The summed E-state index contributed by atoms with van der Waals surface area (Å²) in [6.45, 7) is 12.5. The Kier molecular flexibility index (Phi) is 5.46. The van der Waals surface area contributed by atoms with E-state index in [4.69, 9.17) is 9.73 Å². The molecule has 0 bridgehead atoms. The van der Waals surface area contributed by atoms with Gasteiger partial charge < -0.3 is 4.74 Å². The molecule has 0 saturated carbocycles. The molecule has 0 aromatic carbocycles. The molecule has 2 fully saturated rings. The Hall–Kier alpha value is -2.59. The van der Waals surface area contributed by atoms with Crippen molar-refractivity contribution in [3.05, 3.63) is 17.0 Å². The molecule has 1 aromatic rings. The number of amidine groups is 1. The summed E-state index contributed by atoms with van der Waals surface area (Å²) >= 11 is 0. The summed E-state index contributed by atoms with van der Waals surface area (Å²) in [6, 6.07) is -0.938. The van der Waals surface area contributed by atoms with Crippen LogP contribution in [0.4, 0.5) is 4.79 Å². The highest BCUT2D eigenvalue weighted by Crippen LogP contribution is 2.22. The Bertz CT molecular complexity index is 942. The Balaban J connectivity index is 1.64. The summed E-state index contributed by atoms with van der Waals surface area (Å²) in [5.74, 6) is 0.837. The van der Waals surface area contributed by atoms with Gasteiger partial charge in [0.2, 0.25) is 11.9 Å². The molecule has 4 rings (SSSR count). The van der Waals surface area contributed by atoms with Crippen LogP contribution in [0.25, 0.3) is 0 Å². The molecule has 0 N–H and O–H groups in total. The number of hydrogen-bond donors (Lipinski definition) is 0. The highest BCUT2D eigenvalue weighted by molar-refractivity contribution is 6.23. The number of rotatable bonds is 4. The summed E-state index contributed by atoms with van der Waals surface area (Å²) in [4.78, 5) is 36.2. The van der Waals surface area contributed by atoms with Crippen LogP contribution >= 0.6 is 0 Å². The summed E-state index contributed by atoms with van der Waals surface area (Å²) in [5.41, 5.74) is 3.00. The molecule has 0 radical (unpaired) electrons. The fraction of sp³-hybridized carbons (Fsp3) is 0.650. The highest BCUT2D eigenvalue weighted by atomic mass is 16.5. The zero-order valence-corrected chi connectivity index (χ0v) is 18.4. The number of aryl methyl sites for hydroxylation is 1. The maximum atomic E-state index is 13.4. The lowest BCUT2D eigenvalue weighted by molar-refractivity contribution is -0.534. The van der Waals surface area contributed by atoms with E-state index in [0.29, 0.717) is 44.6 Å². The van der Waals surface area contributed by atoms with Crippen molar-refractivity contribution in [3.63, 3.8) is 0 Å². The summed E-state index contributed by atoms with van der Waals surface area (Å²) < 4.78 is 9.09. The number of carbonyl (C=O) groups is 2. The third-order valence-electron chi connectivity index (χ3n) is 6.32. The fourth-order valence-electron chi connectivity index (χ4n) is 4.19. The number of nitrogens with zero attached hydrogens (tertiary/aromatic N) is 7. The van der Waals surface area contributed by atoms with Crippen molar-refractivity contribution in [2.45, 2.75) is 33.7 Å². The molecule has 1 aromatic heterocycles. The van der Waals surface area contributed by atoms with Crippen molar-refractivity contribution in [3.8, 4) is 0 Å². The smallest absolute Gasteiger partial charge is 0.379 e. The van der Waals surface area contributed by atoms with Crippen LogP contribution in [0.15, 0.2) is 4.99 Å². The van der Waals surface area contributed by atoms with Crippen LogP contribution in [-0.4, -0.2) is 112 Å². The lowest BCUT2D eigenvalue weighted by Gasteiger charge is -2.35. The molecule has 10 nitrogen and oxygen atoms in total. The second kappa shape index (κ2) is 7.92. The molecule has 2 saturated heterocycles. The van der Waals surface area contributed by atoms with E-state index in [9.17, 15) is 9.59 Å². The van der Waals surface area contributed by atoms with Crippen LogP contribution in [0.3, 0.4) is 0 Å². The maximum absolute atomic E-state index is 13.4. The van der Waals surface area contributed by atoms with Gasteiger partial charge in [0.1, 0.15) is 5.69 Å². The van der Waals surface area contributed by atoms with Crippen molar-refractivity contribution < 1.29 is 18.9 Å². The maximum Gasteiger partial charge on any atom is 0.421 e. The van der Waals surface area contributed by atoms with E-state index in [1.165, 1.54) is 9.80 Å². The minimum absolute atomic E-state index is 0.222. The largest absolute Gasteiger partial charge is 0.421 e. The van der Waals surface area contributed by atoms with Gasteiger partial charge in [0.05, 0.1) is 25.5 Å². The Morgan fingerprint density at radius 2 is 1.83 bits per heavy atom. The van der Waals surface area contributed by atoms with Gasteiger partial charge in [-0.05, 0) is 27.7 Å². The molecule has 1 unspecified atom stereocenters. The molecule has 4 heterocycles. The summed E-state index contributed by atoms with van der Waals surface area (Å²) in [6.07, 6.45) is 0. The first-order valence-corrected chi connectivity index (χ1v) is 10.5. The number of fused-ring (bicyclic) bond motifs is 1. The van der Waals surface area contributed by atoms with E-state index in [1.54, 1.807) is 11.7 Å². The van der Waals surface area contributed by atoms with Crippen LogP contribution in [-0.2, 0) is 9.53 Å². The van der Waals surface area contributed by atoms with Crippen LogP contribution in [0, 0.1) is 20.8 Å². The number of urea groups is 1. The topological polar surface area (TPSA) is 86.3 Å². The van der Waals surface area contributed by atoms with Crippen LogP contribution in [0.1, 0.15) is 23.9 Å². The second-order valence-electron chi connectivity index (χ2n) is 7.95. The van der Waals surface area contributed by atoms with Gasteiger partial charge in [0.15, 0.2) is 0 Å². The standard InChI is InChI=1S/C20H30N7O3/c1-6-25-16-17(21-19(25)27-15(4)13(2)14(3)22-27)23(5)20(29)26(18(16)28)8-7-24-9-11-30-12-10-24/h16H,6-12H2,1-5H3/q+1. The van der Waals surface area contributed by atoms with Crippen molar-refractivity contribution in [1.82, 2.24) is 24.5 Å². The molecule has 0 spiro atoms. The normalized spacial score (nSPS) is 22.8. The minimum atomic E-state index is -0.610. The van der Waals surface area contributed by atoms with Crippen LogP contribution in [0.2, 0.25) is 0 Å². The Morgan fingerprint density at radius 1 is 1.13 bits per heavy atom. The fourth-order valence-corrected chi connectivity index (χ4v) is 4.19. The third-order valence-corrected chi connectivity index (χ3v) is 6.32. The Labute approximate surface area is 176 Å². The molecule has 30 heavy (non-hydrogen) atoms. The van der Waals surface area contributed by atoms with Gasteiger partial charge in [-0.15, -0.1) is 9.78 Å². The average Bonchev–Trinajstić information content (AvgIpc) is 3.26. The minimum Gasteiger partial charge on any atom is -0.379 e. The van der Waals surface area contributed by atoms with Gasteiger partial charge >= 0.3 is 12.0 Å². The molecule has 3 aliphatic heterocycles. The number of ether oxygens (including phenoxy) is 1. The van der Waals surface area contributed by atoms with Gasteiger partial charge in [-0.1, -0.05) is 4.99 Å². The summed E-state index contributed by atoms with van der Waals surface area (Å²) in [7, 11) is 1.69. The van der Waals surface area contributed by atoms with Crippen LogP contribution in [0.5, 0.6) is 0 Å². The highest BCUT2D eigenvalue weighted by Gasteiger charge is 2.52. The number of carbonyl (C=O) groups excluding carboxylic acids is 2. The molecule has 0 aliphatic carbocycles. The molecule has 3 aliphatic rings. The Morgan fingerprint density at radius 3 is 2.43 bits per heavy atom. The number of aromatic nitrogens is 2. The monoisotopic (exact) mass is 416 g/mol. The van der Waals surface area contributed by atoms with E-state index in [2.05, 4.69) is 10.00 Å². The molecular formula is C20H30N7O3+. The number of imide groups is 1. The van der Waals surface area contributed by atoms with E-state index >= 15 is 0 Å². The molecule has 1 atom stereocenters. The first kappa shape index (κ1) is 20.7. The second-order valence-corrected chi connectivity index (χ2v) is 7.95. The number of likely N-dealkylation sites (N-methyl/N-ethyl adjacent to an activating group) is 2. The van der Waals surface area contributed by atoms with Gasteiger partial charge in [-0.2, -0.15) is 0 Å². The van der Waals surface area contributed by atoms with E-state index in [-0.39, 0.29) is 11.9 Å². The first-order valence-electron chi connectivity index (χ1n) is 10.5. The number of amides is 3. The van der Waals surface area contributed by atoms with Gasteiger partial charge in [-0.3, -0.25) is 19.5 Å². The number of aliphatic imine (C=N–C) groups is 1. The number of hydrogen-bond acceptors (Lipinski definition) is 6. The zero-order valence-electron chi connectivity index (χ0n) is 18.4. The number of morpholine rings is 1. The van der Waals surface area contributed by atoms with Crippen molar-refractivity contribution >= 4 is 23.7 Å². The predicted octanol–water partition coefficient (Wildman–Crippen LogP) is 0.0518. The van der Waals surface area contributed by atoms with Gasteiger partial charge in [0, 0.05) is 38.8 Å². The molecule has 162 valence electrons. The van der Waals surface area contributed by atoms with Gasteiger partial charge in [-0.25, -0.2) is 9.37 Å². The first-order chi connectivity index (χ1) is 14.3. The van der Waals surface area contributed by atoms with Gasteiger partial charge in [0.25, 0.3) is 5.91 Å². The predicted molar refractivity (Wildman–Crippen MR) is 111 cm³/mol. The SMILES string of the molecule is CC[N+]1=C(n2nc(C)c(C)c2C)N=C2C1C(=O)N(CCN1CCOCC1)C(=O)N2C. The third kappa shape index (κ3) is 3.24. The van der Waals surface area contributed by atoms with Crippen LogP contribution < -0.4 is 0 Å². The van der Waals surface area contributed by atoms with E-state index < -0.39 is 6.04 Å². The molecule has 3 amide bonds. The molecular weight excluding hydrogens is 386 g/mol. The summed E-state index contributed by atoms with van der Waals surface area (Å²) in [5, 5.41) is 4.62. The molecule has 10 heteroatoms. The average molecular weight is 417 g/mol. The quantitative estimate of drug-likeness (QED) is 0.648. The lowest BCUT2D eigenvalue weighted by Crippen LogP contribution is -2.63. The van der Waals surface area contributed by atoms with E-state index in [0.717, 1.165) is 30.0 Å². The zero-order chi connectivity index (χ0) is 21.6. The lowest BCUT2D eigenvalue weighted by atomic mass is 10.1. The van der Waals surface area contributed by atoms with Crippen molar-refractivity contribution in [2.75, 3.05) is 53.0 Å². The van der Waals surface area contributed by atoms with Crippen molar-refractivity contribution in [1.29, 1.82) is 0 Å².